The summed E-state index contributed by atoms with van der Waals surface area (Å²) >= 11 is 0. The van der Waals surface area contributed by atoms with Crippen molar-refractivity contribution >= 4 is 0 Å². The molecule has 1 N–H and O–H groups in total. The monoisotopic (exact) mass is 501 g/mol. The fraction of sp³-hybridized carbons (Fsp3) is 0.290. The molecule has 194 valence electrons. The van der Waals surface area contributed by atoms with Crippen LogP contribution in [0.25, 0.3) is 0 Å². The summed E-state index contributed by atoms with van der Waals surface area (Å²) in [5.74, 6) is 2.67. The maximum Gasteiger partial charge on any atom is 0.173 e. The van der Waals surface area contributed by atoms with E-state index in [4.69, 9.17) is 18.6 Å². The molecule has 37 heavy (non-hydrogen) atoms. The molecule has 0 fully saturated rings. The maximum absolute atomic E-state index is 12.0. The van der Waals surface area contributed by atoms with Crippen LogP contribution in [0.3, 0.4) is 0 Å². The van der Waals surface area contributed by atoms with Crippen LogP contribution < -0.4 is 9.47 Å². The molecule has 1 heterocycles. The van der Waals surface area contributed by atoms with Crippen molar-refractivity contribution in [3.63, 3.8) is 0 Å². The van der Waals surface area contributed by atoms with Crippen molar-refractivity contribution in [1.29, 1.82) is 0 Å². The zero-order valence-electron chi connectivity index (χ0n) is 21.7. The van der Waals surface area contributed by atoms with E-state index in [1.807, 2.05) is 91.0 Å². The maximum atomic E-state index is 12.0. The van der Waals surface area contributed by atoms with E-state index in [0.717, 1.165) is 35.4 Å². The Hall–Kier alpha value is -3.58. The third kappa shape index (κ3) is 6.23. The Kier molecular flexibility index (Phi) is 9.01. The van der Waals surface area contributed by atoms with E-state index in [2.05, 4.69) is 4.90 Å². The van der Waals surface area contributed by atoms with E-state index in [-0.39, 0.29) is 0 Å². The minimum atomic E-state index is -1.40. The Balaban J connectivity index is 1.60. The van der Waals surface area contributed by atoms with Crippen molar-refractivity contribution < 1.29 is 23.7 Å². The van der Waals surface area contributed by atoms with Gasteiger partial charge < -0.3 is 23.7 Å². The Morgan fingerprint density at radius 2 is 1.41 bits per heavy atom. The number of hydrogen-bond donors (Lipinski definition) is 1. The molecule has 0 saturated carbocycles. The van der Waals surface area contributed by atoms with Gasteiger partial charge >= 0.3 is 0 Å². The summed E-state index contributed by atoms with van der Waals surface area (Å²) < 4.78 is 22.5. The topological polar surface area (TPSA) is 64.3 Å². The predicted octanol–water partition coefficient (Wildman–Crippen LogP) is 5.62. The second-order valence-electron chi connectivity index (χ2n) is 8.95. The zero-order valence-corrected chi connectivity index (χ0v) is 21.7. The SMILES string of the molecule is COCCCN(Cc1ccc(OC)c(OC)c1)Cc1ccc(C(O)(c2ccccc2)c2ccccc2)o1. The van der Waals surface area contributed by atoms with Gasteiger partial charge in [-0.3, -0.25) is 4.90 Å². The molecule has 0 spiro atoms. The van der Waals surface area contributed by atoms with E-state index >= 15 is 0 Å². The molecule has 0 amide bonds. The van der Waals surface area contributed by atoms with Crippen LogP contribution in [0, 0.1) is 0 Å². The number of hydrogen-bond acceptors (Lipinski definition) is 6. The van der Waals surface area contributed by atoms with Gasteiger partial charge in [-0.2, -0.15) is 0 Å². The lowest BCUT2D eigenvalue weighted by atomic mass is 9.84. The van der Waals surface area contributed by atoms with Crippen LogP contribution in [0.2, 0.25) is 0 Å². The van der Waals surface area contributed by atoms with E-state index in [1.165, 1.54) is 0 Å². The Morgan fingerprint density at radius 1 is 0.757 bits per heavy atom. The van der Waals surface area contributed by atoms with Crippen molar-refractivity contribution in [3.8, 4) is 11.5 Å². The van der Waals surface area contributed by atoms with Crippen LogP contribution in [0.1, 0.15) is 34.6 Å². The first-order chi connectivity index (χ1) is 18.1. The van der Waals surface area contributed by atoms with Crippen LogP contribution in [-0.4, -0.2) is 44.5 Å². The first-order valence-corrected chi connectivity index (χ1v) is 12.4. The molecule has 6 heteroatoms. The molecule has 1 aromatic heterocycles. The fourth-order valence-corrected chi connectivity index (χ4v) is 4.57. The highest BCUT2D eigenvalue weighted by atomic mass is 16.5. The molecule has 4 rings (SSSR count). The number of aliphatic hydroxyl groups is 1. The normalized spacial score (nSPS) is 11.6. The molecular weight excluding hydrogens is 466 g/mol. The lowest BCUT2D eigenvalue weighted by Gasteiger charge is -2.27. The smallest absolute Gasteiger partial charge is 0.173 e. The van der Waals surface area contributed by atoms with Crippen LogP contribution >= 0.6 is 0 Å². The standard InChI is InChI=1S/C31H35NO5/c1-34-20-10-19-32(22-24-15-17-28(35-2)29(21-24)36-3)23-27-16-18-30(37-27)31(33,25-11-6-4-7-12-25)26-13-8-5-9-14-26/h4-9,11-18,21,33H,10,19-20,22-23H2,1-3H3. The average Bonchev–Trinajstić information content (AvgIpc) is 3.42. The number of nitrogens with zero attached hydrogens (tertiary/aromatic N) is 1. The van der Waals surface area contributed by atoms with Crippen LogP contribution in [-0.2, 0) is 23.4 Å². The summed E-state index contributed by atoms with van der Waals surface area (Å²) in [6.07, 6.45) is 0.884. The highest BCUT2D eigenvalue weighted by Gasteiger charge is 2.37. The highest BCUT2D eigenvalue weighted by molar-refractivity contribution is 5.44. The third-order valence-electron chi connectivity index (χ3n) is 6.46. The van der Waals surface area contributed by atoms with Gasteiger partial charge in [0.15, 0.2) is 17.1 Å². The minimum Gasteiger partial charge on any atom is -0.493 e. The van der Waals surface area contributed by atoms with Crippen molar-refractivity contribution in [2.75, 3.05) is 34.5 Å². The lowest BCUT2D eigenvalue weighted by molar-refractivity contribution is 0.0947. The summed E-state index contributed by atoms with van der Waals surface area (Å²) in [5.41, 5.74) is 1.21. The minimum absolute atomic E-state index is 0.489. The number of ether oxygens (including phenoxy) is 3. The number of methoxy groups -OCH3 is 3. The summed E-state index contributed by atoms with van der Waals surface area (Å²) in [4.78, 5) is 2.30. The summed E-state index contributed by atoms with van der Waals surface area (Å²) in [5, 5.41) is 12.0. The van der Waals surface area contributed by atoms with Crippen molar-refractivity contribution in [1.82, 2.24) is 4.90 Å². The molecule has 0 aliphatic carbocycles. The van der Waals surface area contributed by atoms with E-state index in [9.17, 15) is 5.11 Å². The molecule has 0 unspecified atom stereocenters. The first kappa shape index (κ1) is 26.5. The van der Waals surface area contributed by atoms with Gasteiger partial charge in [0.25, 0.3) is 0 Å². The van der Waals surface area contributed by atoms with E-state index < -0.39 is 5.60 Å². The molecule has 0 aliphatic heterocycles. The van der Waals surface area contributed by atoms with Gasteiger partial charge in [-0.25, -0.2) is 0 Å². The zero-order chi connectivity index (χ0) is 26.1. The Labute approximate surface area is 219 Å². The number of furan rings is 1. The van der Waals surface area contributed by atoms with Gasteiger partial charge in [0.1, 0.15) is 11.5 Å². The first-order valence-electron chi connectivity index (χ1n) is 12.4. The van der Waals surface area contributed by atoms with E-state index in [1.54, 1.807) is 21.3 Å². The number of rotatable bonds is 13. The lowest BCUT2D eigenvalue weighted by Crippen LogP contribution is -2.28. The van der Waals surface area contributed by atoms with Crippen LogP contribution in [0.15, 0.2) is 95.4 Å². The molecular formula is C31H35NO5. The number of benzene rings is 3. The van der Waals surface area contributed by atoms with E-state index in [0.29, 0.717) is 37.0 Å². The Morgan fingerprint density at radius 3 is 2.00 bits per heavy atom. The van der Waals surface area contributed by atoms with Gasteiger partial charge in [-0.05, 0) is 47.4 Å². The highest BCUT2D eigenvalue weighted by Crippen LogP contribution is 2.37. The molecule has 0 aliphatic rings. The quantitative estimate of drug-likeness (QED) is 0.240. The second-order valence-corrected chi connectivity index (χ2v) is 8.95. The van der Waals surface area contributed by atoms with Crippen LogP contribution in [0.4, 0.5) is 0 Å². The summed E-state index contributed by atoms with van der Waals surface area (Å²) in [7, 11) is 4.99. The molecule has 0 atom stereocenters. The van der Waals surface area contributed by atoms with Gasteiger partial charge in [0.05, 0.1) is 20.8 Å². The largest absolute Gasteiger partial charge is 0.493 e. The average molecular weight is 502 g/mol. The van der Waals surface area contributed by atoms with Gasteiger partial charge in [-0.1, -0.05) is 66.7 Å². The molecule has 6 nitrogen and oxygen atoms in total. The molecule has 4 aromatic rings. The van der Waals surface area contributed by atoms with Crippen molar-refractivity contribution in [2.24, 2.45) is 0 Å². The van der Waals surface area contributed by atoms with Crippen molar-refractivity contribution in [2.45, 2.75) is 25.1 Å². The Bertz CT molecular complexity index is 1200. The summed E-state index contributed by atoms with van der Waals surface area (Å²) in [6, 6.07) is 29.0. The second kappa shape index (κ2) is 12.6. The van der Waals surface area contributed by atoms with Crippen LogP contribution in [0.5, 0.6) is 11.5 Å². The summed E-state index contributed by atoms with van der Waals surface area (Å²) in [6.45, 7) is 2.77. The molecule has 0 radical (unpaired) electrons. The molecule has 3 aromatic carbocycles. The third-order valence-corrected chi connectivity index (χ3v) is 6.46. The van der Waals surface area contributed by atoms with Crippen molar-refractivity contribution in [3.05, 3.63) is 119 Å². The molecule has 0 saturated heterocycles. The van der Waals surface area contributed by atoms with Gasteiger partial charge in [0.2, 0.25) is 0 Å². The molecule has 0 bridgehead atoms. The van der Waals surface area contributed by atoms with Gasteiger partial charge in [-0.15, -0.1) is 0 Å². The van der Waals surface area contributed by atoms with Gasteiger partial charge in [0, 0.05) is 26.8 Å². The predicted molar refractivity (Wildman–Crippen MR) is 144 cm³/mol. The fourth-order valence-electron chi connectivity index (χ4n) is 4.57.